The van der Waals surface area contributed by atoms with Crippen LogP contribution in [-0.2, 0) is 6.54 Å². The van der Waals surface area contributed by atoms with Crippen LogP contribution in [0.2, 0.25) is 0 Å². The fourth-order valence-corrected chi connectivity index (χ4v) is 4.24. The van der Waals surface area contributed by atoms with Crippen molar-refractivity contribution in [3.63, 3.8) is 0 Å². The highest BCUT2D eigenvalue weighted by Crippen LogP contribution is 2.29. The van der Waals surface area contributed by atoms with Crippen molar-refractivity contribution in [3.05, 3.63) is 54.6 Å². The maximum Gasteiger partial charge on any atom is 0.279 e. The number of carbonyl (C=O) groups is 1. The zero-order valence-electron chi connectivity index (χ0n) is 16.1. The van der Waals surface area contributed by atoms with Gasteiger partial charge in [-0.25, -0.2) is 4.98 Å². The van der Waals surface area contributed by atoms with Gasteiger partial charge in [0.15, 0.2) is 5.13 Å². The Hall–Kier alpha value is -2.92. The molecule has 2 aromatic rings. The Labute approximate surface area is 170 Å². The summed E-state index contributed by atoms with van der Waals surface area (Å²) in [4.78, 5) is 41.0. The van der Waals surface area contributed by atoms with Crippen molar-refractivity contribution in [2.45, 2.75) is 45.7 Å². The van der Waals surface area contributed by atoms with Crippen LogP contribution in [0.5, 0.6) is 0 Å². The van der Waals surface area contributed by atoms with Crippen molar-refractivity contribution in [1.82, 2.24) is 9.88 Å². The fourth-order valence-electron chi connectivity index (χ4n) is 3.41. The number of nitrogens with one attached hydrogen (secondary N) is 1. The van der Waals surface area contributed by atoms with Gasteiger partial charge >= 0.3 is 0 Å². The Balaban J connectivity index is 1.78. The quantitative estimate of drug-likeness (QED) is 0.555. The summed E-state index contributed by atoms with van der Waals surface area (Å²) >= 11 is 1.33. The number of anilines is 1. The maximum absolute atomic E-state index is 12.6. The van der Waals surface area contributed by atoms with E-state index in [1.54, 1.807) is 6.20 Å². The number of likely N-dealkylation sites (tertiary alicyclic amines) is 1. The van der Waals surface area contributed by atoms with E-state index in [2.05, 4.69) is 22.1 Å². The number of non-ortho nitro benzene ring substituents is 1. The first-order valence-electron chi connectivity index (χ1n) is 9.19. The second-order valence-corrected chi connectivity index (χ2v) is 8.17. The van der Waals surface area contributed by atoms with Gasteiger partial charge in [0.1, 0.15) is 0 Å². The third-order valence-corrected chi connectivity index (χ3v) is 5.99. The lowest BCUT2D eigenvalue weighted by atomic mass is 10.0. The third-order valence-electron chi connectivity index (χ3n) is 5.09. The fraction of sp³-hybridized carbons (Fsp3) is 0.444. The summed E-state index contributed by atoms with van der Waals surface area (Å²) in [6, 6.07) is 2.39. The molecule has 0 bridgehead atoms. The second kappa shape index (κ2) is 8.62. The van der Waals surface area contributed by atoms with Crippen molar-refractivity contribution >= 4 is 33.8 Å². The molecule has 1 aliphatic heterocycles. The SMILES string of the molecule is Cc1c(C(=O)Nc2ncc(CN3CCCCC3C)s2)cc([N+](=O)[O-])cc1[N+](=O)[O-]. The highest BCUT2D eigenvalue weighted by Gasteiger charge is 2.25. The summed E-state index contributed by atoms with van der Waals surface area (Å²) in [5.41, 5.74) is -1.03. The van der Waals surface area contributed by atoms with Crippen molar-refractivity contribution < 1.29 is 14.6 Å². The average molecular weight is 419 g/mol. The normalized spacial score (nSPS) is 17.1. The minimum Gasteiger partial charge on any atom is -0.298 e. The number of rotatable bonds is 6. The summed E-state index contributed by atoms with van der Waals surface area (Å²) in [5, 5.41) is 25.2. The zero-order valence-corrected chi connectivity index (χ0v) is 16.9. The molecule has 154 valence electrons. The number of hydrogen-bond donors (Lipinski definition) is 1. The Kier molecular flexibility index (Phi) is 6.18. The standard InChI is InChI=1S/C18H21N5O5S/c1-11-5-3-4-6-21(11)10-14-9-19-18(29-14)20-17(24)15-7-13(22(25)26)8-16(12(15)2)23(27)28/h7-9,11H,3-6,10H2,1-2H3,(H,19,20,24). The Morgan fingerprint density at radius 1 is 1.31 bits per heavy atom. The molecule has 1 atom stereocenters. The molecule has 3 rings (SSSR count). The van der Waals surface area contributed by atoms with Crippen LogP contribution in [0.4, 0.5) is 16.5 Å². The number of carbonyl (C=O) groups excluding carboxylic acids is 1. The van der Waals surface area contributed by atoms with Gasteiger partial charge in [-0.2, -0.15) is 0 Å². The third kappa shape index (κ3) is 4.74. The Morgan fingerprint density at radius 2 is 2.07 bits per heavy atom. The van der Waals surface area contributed by atoms with Crippen LogP contribution in [0.1, 0.15) is 47.0 Å². The monoisotopic (exact) mass is 419 g/mol. The number of benzene rings is 1. The molecule has 0 radical (unpaired) electrons. The van der Waals surface area contributed by atoms with Crippen LogP contribution in [0.15, 0.2) is 18.3 Å². The summed E-state index contributed by atoms with van der Waals surface area (Å²) in [6.07, 6.45) is 5.26. The van der Waals surface area contributed by atoms with Gasteiger partial charge < -0.3 is 0 Å². The van der Waals surface area contributed by atoms with Crippen LogP contribution in [0.3, 0.4) is 0 Å². The first-order chi connectivity index (χ1) is 13.8. The number of aromatic nitrogens is 1. The lowest BCUT2D eigenvalue weighted by Crippen LogP contribution is -2.36. The van der Waals surface area contributed by atoms with E-state index in [4.69, 9.17) is 0 Å². The number of thiazole rings is 1. The molecule has 1 aliphatic rings. The number of nitro benzene ring substituents is 2. The van der Waals surface area contributed by atoms with Gasteiger partial charge in [0.05, 0.1) is 21.5 Å². The average Bonchev–Trinajstić information content (AvgIpc) is 3.10. The van der Waals surface area contributed by atoms with Crippen molar-refractivity contribution in [1.29, 1.82) is 0 Å². The molecule has 1 amide bonds. The maximum atomic E-state index is 12.6. The van der Waals surface area contributed by atoms with E-state index >= 15 is 0 Å². The van der Waals surface area contributed by atoms with Gasteiger partial charge in [-0.05, 0) is 33.2 Å². The van der Waals surface area contributed by atoms with E-state index in [-0.39, 0.29) is 11.1 Å². The molecule has 10 nitrogen and oxygen atoms in total. The first kappa shape index (κ1) is 20.8. The number of piperidine rings is 1. The molecule has 1 fully saturated rings. The number of nitrogens with zero attached hydrogens (tertiary/aromatic N) is 4. The van der Waals surface area contributed by atoms with Crippen molar-refractivity contribution in [2.75, 3.05) is 11.9 Å². The molecule has 0 aliphatic carbocycles. The van der Waals surface area contributed by atoms with Crippen molar-refractivity contribution in [2.24, 2.45) is 0 Å². The van der Waals surface area contributed by atoms with Gasteiger partial charge in [-0.3, -0.25) is 35.2 Å². The van der Waals surface area contributed by atoms with E-state index < -0.39 is 27.1 Å². The molecule has 1 N–H and O–H groups in total. The van der Waals surface area contributed by atoms with Gasteiger partial charge in [0, 0.05) is 35.3 Å². The summed E-state index contributed by atoms with van der Waals surface area (Å²) in [5.74, 6) is -0.665. The highest BCUT2D eigenvalue weighted by molar-refractivity contribution is 7.15. The number of hydrogen-bond acceptors (Lipinski definition) is 8. The summed E-state index contributed by atoms with van der Waals surface area (Å²) < 4.78 is 0. The Bertz CT molecular complexity index is 960. The first-order valence-corrected chi connectivity index (χ1v) is 10.0. The molecule has 11 heteroatoms. The summed E-state index contributed by atoms with van der Waals surface area (Å²) in [7, 11) is 0. The lowest BCUT2D eigenvalue weighted by molar-refractivity contribution is -0.394. The smallest absolute Gasteiger partial charge is 0.279 e. The molecule has 0 saturated carbocycles. The van der Waals surface area contributed by atoms with E-state index in [1.165, 1.54) is 24.7 Å². The minimum atomic E-state index is -0.759. The van der Waals surface area contributed by atoms with Gasteiger partial charge in [-0.1, -0.05) is 6.42 Å². The molecule has 1 saturated heterocycles. The van der Waals surface area contributed by atoms with Crippen LogP contribution in [-0.4, -0.2) is 38.2 Å². The molecular formula is C18H21N5O5S. The lowest BCUT2D eigenvalue weighted by Gasteiger charge is -2.32. The molecular weight excluding hydrogens is 398 g/mol. The molecule has 1 aromatic heterocycles. The molecule has 1 aromatic carbocycles. The molecule has 1 unspecified atom stereocenters. The predicted octanol–water partition coefficient (Wildman–Crippen LogP) is 3.89. The summed E-state index contributed by atoms with van der Waals surface area (Å²) in [6.45, 7) is 5.36. The molecule has 29 heavy (non-hydrogen) atoms. The molecule has 0 spiro atoms. The topological polar surface area (TPSA) is 132 Å². The zero-order chi connectivity index (χ0) is 21.1. The van der Waals surface area contributed by atoms with E-state index in [0.29, 0.717) is 11.2 Å². The van der Waals surface area contributed by atoms with Gasteiger partial charge in [-0.15, -0.1) is 11.3 Å². The Morgan fingerprint density at radius 3 is 2.72 bits per heavy atom. The number of amides is 1. The van der Waals surface area contributed by atoms with Crippen LogP contribution < -0.4 is 5.32 Å². The van der Waals surface area contributed by atoms with Crippen LogP contribution >= 0.6 is 11.3 Å². The number of nitro groups is 2. The van der Waals surface area contributed by atoms with Crippen LogP contribution in [0.25, 0.3) is 0 Å². The van der Waals surface area contributed by atoms with Gasteiger partial charge in [0.2, 0.25) is 0 Å². The highest BCUT2D eigenvalue weighted by atomic mass is 32.1. The second-order valence-electron chi connectivity index (χ2n) is 7.05. The molecule has 2 heterocycles. The largest absolute Gasteiger partial charge is 0.298 e. The van der Waals surface area contributed by atoms with E-state index in [0.717, 1.165) is 42.9 Å². The minimum absolute atomic E-state index is 0.0667. The van der Waals surface area contributed by atoms with E-state index in [1.807, 2.05) is 0 Å². The van der Waals surface area contributed by atoms with Gasteiger partial charge in [0.25, 0.3) is 17.3 Å². The van der Waals surface area contributed by atoms with Crippen LogP contribution in [0, 0.1) is 27.2 Å². The van der Waals surface area contributed by atoms with E-state index in [9.17, 15) is 25.0 Å². The van der Waals surface area contributed by atoms with Crippen molar-refractivity contribution in [3.8, 4) is 0 Å². The predicted molar refractivity (Wildman–Crippen MR) is 108 cm³/mol.